The molecule has 0 amide bonds. The van der Waals surface area contributed by atoms with Gasteiger partial charge in [-0.25, -0.2) is 0 Å². The van der Waals surface area contributed by atoms with Gasteiger partial charge in [0.1, 0.15) is 0 Å². The zero-order valence-corrected chi connectivity index (χ0v) is 28.0. The van der Waals surface area contributed by atoms with Crippen LogP contribution in [0, 0.1) is 5.92 Å². The maximum atomic E-state index is 5.39. The average molecular weight is 575 g/mol. The van der Waals surface area contributed by atoms with Gasteiger partial charge < -0.3 is 28.4 Å². The van der Waals surface area contributed by atoms with Crippen molar-refractivity contribution in [1.29, 1.82) is 0 Å². The summed E-state index contributed by atoms with van der Waals surface area (Å²) in [5.41, 5.74) is 0. The van der Waals surface area contributed by atoms with E-state index < -0.39 is 11.9 Å². The molecule has 0 saturated heterocycles. The Kier molecular flexibility index (Phi) is 27.4. The monoisotopic (exact) mass is 575 g/mol. The minimum atomic E-state index is -0.862. The lowest BCUT2D eigenvalue weighted by atomic mass is 9.89. The molecule has 0 N–H and O–H groups in total. The Bertz CT molecular complexity index is 490. The van der Waals surface area contributed by atoms with Crippen LogP contribution in [0.4, 0.5) is 0 Å². The van der Waals surface area contributed by atoms with Crippen molar-refractivity contribution in [2.24, 2.45) is 5.92 Å². The molecule has 0 radical (unpaired) electrons. The van der Waals surface area contributed by atoms with Crippen LogP contribution in [0.3, 0.4) is 0 Å². The smallest absolute Gasteiger partial charge is 0.282 e. The molecule has 0 aliphatic carbocycles. The standard InChI is InChI=1S/C34H70O6/c1-8-9-10-22-27-32(29-24-19-15-13-17-21-26-31-34(38-5,39-6)40-7)28-23-18-14-11-12-16-20-25-30-33(35-2,36-3)37-4/h32H,8-31H2,1-7H3. The molecule has 0 aliphatic rings. The van der Waals surface area contributed by atoms with E-state index in [0.717, 1.165) is 31.6 Å². The minimum absolute atomic E-state index is 0.787. The van der Waals surface area contributed by atoms with Crippen LogP contribution in [-0.2, 0) is 28.4 Å². The number of hydrogen-bond donors (Lipinski definition) is 0. The molecule has 1 atom stereocenters. The third kappa shape index (κ3) is 19.8. The summed E-state index contributed by atoms with van der Waals surface area (Å²) in [7, 11) is 9.88. The van der Waals surface area contributed by atoms with Crippen LogP contribution in [0.1, 0.15) is 161 Å². The van der Waals surface area contributed by atoms with Gasteiger partial charge in [-0.1, -0.05) is 135 Å². The summed E-state index contributed by atoms with van der Waals surface area (Å²) in [6, 6.07) is 0. The Hall–Kier alpha value is -0.240. The van der Waals surface area contributed by atoms with Gasteiger partial charge in [-0.05, 0) is 18.8 Å². The summed E-state index contributed by atoms with van der Waals surface area (Å²) >= 11 is 0. The fourth-order valence-electron chi connectivity index (χ4n) is 5.90. The molecule has 1 unspecified atom stereocenters. The van der Waals surface area contributed by atoms with Crippen LogP contribution >= 0.6 is 0 Å². The van der Waals surface area contributed by atoms with Crippen LogP contribution in [0.5, 0.6) is 0 Å². The first-order chi connectivity index (χ1) is 19.5. The third-order valence-electron chi connectivity index (χ3n) is 8.77. The quantitative estimate of drug-likeness (QED) is 0.0588. The zero-order chi connectivity index (χ0) is 29.8. The highest BCUT2D eigenvalue weighted by Crippen LogP contribution is 2.26. The predicted molar refractivity (Wildman–Crippen MR) is 167 cm³/mol. The van der Waals surface area contributed by atoms with E-state index in [1.165, 1.54) is 128 Å². The summed E-state index contributed by atoms with van der Waals surface area (Å²) < 4.78 is 32.3. The molecule has 242 valence electrons. The molecule has 40 heavy (non-hydrogen) atoms. The van der Waals surface area contributed by atoms with E-state index in [2.05, 4.69) is 6.92 Å². The lowest BCUT2D eigenvalue weighted by Gasteiger charge is -2.28. The molecule has 0 saturated carbocycles. The summed E-state index contributed by atoms with van der Waals surface area (Å²) in [5, 5.41) is 0. The van der Waals surface area contributed by atoms with E-state index in [-0.39, 0.29) is 0 Å². The molecular weight excluding hydrogens is 504 g/mol. The molecule has 0 aromatic heterocycles. The first-order valence-electron chi connectivity index (χ1n) is 16.8. The van der Waals surface area contributed by atoms with Crippen LogP contribution < -0.4 is 0 Å². The highest BCUT2D eigenvalue weighted by Gasteiger charge is 2.29. The van der Waals surface area contributed by atoms with Gasteiger partial charge in [-0.15, -0.1) is 0 Å². The van der Waals surface area contributed by atoms with Crippen molar-refractivity contribution < 1.29 is 28.4 Å². The molecule has 0 fully saturated rings. The van der Waals surface area contributed by atoms with Crippen LogP contribution in [-0.4, -0.2) is 54.6 Å². The molecule has 0 aliphatic heterocycles. The minimum Gasteiger partial charge on any atom is -0.331 e. The highest BCUT2D eigenvalue weighted by molar-refractivity contribution is 4.63. The van der Waals surface area contributed by atoms with Crippen molar-refractivity contribution in [2.75, 3.05) is 42.7 Å². The van der Waals surface area contributed by atoms with Crippen molar-refractivity contribution in [1.82, 2.24) is 0 Å². The van der Waals surface area contributed by atoms with Crippen molar-refractivity contribution in [3.05, 3.63) is 0 Å². The molecule has 6 heteroatoms. The SMILES string of the molecule is CCCCCCC(CCCCCCCCCCC(OC)(OC)OC)CCCCCCCCCC(OC)(OC)OC. The van der Waals surface area contributed by atoms with E-state index in [1.54, 1.807) is 42.7 Å². The second-order valence-corrected chi connectivity index (χ2v) is 11.7. The van der Waals surface area contributed by atoms with E-state index in [1.807, 2.05) is 0 Å². The first-order valence-corrected chi connectivity index (χ1v) is 16.8. The molecule has 0 aromatic rings. The van der Waals surface area contributed by atoms with E-state index >= 15 is 0 Å². The van der Waals surface area contributed by atoms with Crippen LogP contribution in [0.25, 0.3) is 0 Å². The maximum Gasteiger partial charge on any atom is 0.282 e. The van der Waals surface area contributed by atoms with Gasteiger partial charge in [0, 0.05) is 55.5 Å². The molecule has 6 nitrogen and oxygen atoms in total. The number of methoxy groups -OCH3 is 6. The van der Waals surface area contributed by atoms with Crippen molar-refractivity contribution in [3.63, 3.8) is 0 Å². The molecule has 0 spiro atoms. The number of ether oxygens (including phenoxy) is 6. The number of unbranched alkanes of at least 4 members (excludes halogenated alkanes) is 16. The van der Waals surface area contributed by atoms with Gasteiger partial charge in [0.05, 0.1) is 0 Å². The Morgan fingerprint density at radius 1 is 0.350 bits per heavy atom. The van der Waals surface area contributed by atoms with Gasteiger partial charge in [0.25, 0.3) is 11.9 Å². The maximum absolute atomic E-state index is 5.39. The molecular formula is C34H70O6. The fraction of sp³-hybridized carbons (Fsp3) is 1.00. The van der Waals surface area contributed by atoms with Crippen LogP contribution in [0.2, 0.25) is 0 Å². The second kappa shape index (κ2) is 27.6. The topological polar surface area (TPSA) is 55.4 Å². The first kappa shape index (κ1) is 39.8. The Balaban J connectivity index is 3.94. The van der Waals surface area contributed by atoms with Gasteiger partial charge in [0.2, 0.25) is 0 Å². The largest absolute Gasteiger partial charge is 0.331 e. The van der Waals surface area contributed by atoms with Gasteiger partial charge in [-0.2, -0.15) is 0 Å². The van der Waals surface area contributed by atoms with Crippen molar-refractivity contribution >= 4 is 0 Å². The second-order valence-electron chi connectivity index (χ2n) is 11.7. The van der Waals surface area contributed by atoms with Crippen molar-refractivity contribution in [2.45, 2.75) is 173 Å². The normalized spacial score (nSPS) is 13.3. The average Bonchev–Trinajstić information content (AvgIpc) is 2.99. The Morgan fingerprint density at radius 3 is 0.875 bits per heavy atom. The summed E-state index contributed by atoms with van der Waals surface area (Å²) in [6.45, 7) is 2.31. The van der Waals surface area contributed by atoms with E-state index in [0.29, 0.717) is 0 Å². The Labute approximate surface area is 249 Å². The van der Waals surface area contributed by atoms with Gasteiger partial charge in [-0.3, -0.25) is 0 Å². The number of hydrogen-bond acceptors (Lipinski definition) is 6. The van der Waals surface area contributed by atoms with Gasteiger partial charge >= 0.3 is 0 Å². The Morgan fingerprint density at radius 2 is 0.600 bits per heavy atom. The zero-order valence-electron chi connectivity index (χ0n) is 28.0. The fourth-order valence-corrected chi connectivity index (χ4v) is 5.90. The van der Waals surface area contributed by atoms with Crippen LogP contribution in [0.15, 0.2) is 0 Å². The summed E-state index contributed by atoms with van der Waals surface area (Å²) in [4.78, 5) is 0. The number of rotatable bonds is 32. The highest BCUT2D eigenvalue weighted by atomic mass is 16.9. The van der Waals surface area contributed by atoms with E-state index in [4.69, 9.17) is 28.4 Å². The molecule has 0 bridgehead atoms. The lowest BCUT2D eigenvalue weighted by molar-refractivity contribution is -0.355. The predicted octanol–water partition coefficient (Wildman–Crippen LogP) is 10.2. The third-order valence-corrected chi connectivity index (χ3v) is 8.77. The molecule has 0 aromatic carbocycles. The lowest BCUT2D eigenvalue weighted by Crippen LogP contribution is -2.35. The molecule has 0 rings (SSSR count). The summed E-state index contributed by atoms with van der Waals surface area (Å²) in [5.74, 6) is -0.773. The summed E-state index contributed by atoms with van der Waals surface area (Å²) in [6.07, 6.45) is 31.1. The van der Waals surface area contributed by atoms with Gasteiger partial charge in [0.15, 0.2) is 0 Å². The van der Waals surface area contributed by atoms with E-state index in [9.17, 15) is 0 Å². The van der Waals surface area contributed by atoms with Crippen molar-refractivity contribution in [3.8, 4) is 0 Å². The molecule has 0 heterocycles.